The van der Waals surface area contributed by atoms with E-state index in [4.69, 9.17) is 7.29 Å². The zero-order valence-corrected chi connectivity index (χ0v) is 31.0. The van der Waals surface area contributed by atoms with Crippen LogP contribution in [0, 0.1) is 13.1 Å². The summed E-state index contributed by atoms with van der Waals surface area (Å²) in [6, 6.07) is 13.3. The average molecular weight is 715 g/mol. The van der Waals surface area contributed by atoms with Gasteiger partial charge in [0.25, 0.3) is 0 Å². The van der Waals surface area contributed by atoms with Crippen LogP contribution in [0.2, 0.25) is 39.3 Å². The van der Waals surface area contributed by atoms with Crippen molar-refractivity contribution in [1.82, 2.24) is 0 Å². The second-order valence-electron chi connectivity index (χ2n) is 13.5. The molecular weight excluding hydrogens is 659 g/mol. The van der Waals surface area contributed by atoms with Crippen molar-refractivity contribution in [2.75, 3.05) is 0 Å². The Bertz CT molecular complexity index is 876. The molecule has 0 atom stereocenters. The Labute approximate surface area is 240 Å². The van der Waals surface area contributed by atoms with Crippen molar-refractivity contribution in [3.05, 3.63) is 71.7 Å². The predicted octanol–water partition coefficient (Wildman–Crippen LogP) is 12.0. The van der Waals surface area contributed by atoms with Gasteiger partial charge in [-0.05, 0) is 0 Å². The molecule has 0 spiro atoms. The molecule has 0 N–H and O–H groups in total. The second kappa shape index (κ2) is 16.3. The molecule has 0 aliphatic rings. The van der Waals surface area contributed by atoms with Gasteiger partial charge >= 0.3 is 173 Å². The van der Waals surface area contributed by atoms with Crippen LogP contribution in [0.3, 0.4) is 0 Å². The average Bonchev–Trinajstić information content (AvgIpc) is 2.70. The molecule has 0 fully saturated rings. The number of rotatable bonds is 6. The Kier molecular flexibility index (Phi) is 15.9. The van der Waals surface area contributed by atoms with Crippen molar-refractivity contribution in [3.8, 4) is 0 Å². The molecule has 2 rings (SSSR count). The first kappa shape index (κ1) is 36.1. The summed E-state index contributed by atoms with van der Waals surface area (Å²) < 4.78 is 10.2. The van der Waals surface area contributed by atoms with E-state index >= 15 is 0 Å². The zero-order valence-electron chi connectivity index (χ0n) is 26.4. The van der Waals surface area contributed by atoms with E-state index in [1.54, 1.807) is 0 Å². The topological polar surface area (TPSA) is 24.7 Å². The van der Waals surface area contributed by atoms with E-state index in [9.17, 15) is 0 Å². The molecule has 0 radical (unpaired) electrons. The van der Waals surface area contributed by atoms with Crippen LogP contribution in [0.25, 0.3) is 0 Å². The van der Waals surface area contributed by atoms with E-state index in [0.29, 0.717) is 23.7 Å². The van der Waals surface area contributed by atoms with Gasteiger partial charge in [-0.1, -0.05) is 39.3 Å². The number of benzene rings is 2. The smallest absolute Gasteiger partial charge is 0.0951 e. The van der Waals surface area contributed by atoms with Gasteiger partial charge in [0.1, 0.15) is 0 Å². The van der Waals surface area contributed by atoms with Crippen molar-refractivity contribution in [2.24, 2.45) is 7.29 Å². The molecule has 2 nitrogen and oxygen atoms in total. The Morgan fingerprint density at radius 3 is 0.865 bits per heavy atom. The summed E-state index contributed by atoms with van der Waals surface area (Å²) in [5, 5.41) is 0. The van der Waals surface area contributed by atoms with E-state index in [1.807, 2.05) is 0 Å². The second-order valence-corrected chi connectivity index (χ2v) is 25.4. The largest absolute Gasteiger partial charge is 0.342 e. The minimum Gasteiger partial charge on any atom is -0.342 e. The standard InChI is InChI=1S/2C12H17N.2C4H11Si.Os/c2*1-8(2)10-6-5-7-11(9(3)4)12(10)13;2*1-5(2,3)4;/h2*5-9H,1-4H3;2*1H2,2-4H3;/q;;2*-1;+2. The monoisotopic (exact) mass is 716 g/mol. The van der Waals surface area contributed by atoms with Crippen LogP contribution in [-0.4, -0.2) is 16.1 Å². The Morgan fingerprint density at radius 1 is 0.514 bits per heavy atom. The maximum atomic E-state index is 5.12. The third-order valence-corrected chi connectivity index (χ3v) is 6.56. The molecule has 210 valence electrons. The van der Waals surface area contributed by atoms with Crippen LogP contribution in [0.4, 0.5) is 11.4 Å². The summed E-state index contributed by atoms with van der Waals surface area (Å²) in [5.41, 5.74) is 7.81. The Morgan fingerprint density at radius 2 is 0.703 bits per heavy atom. The minimum atomic E-state index is -0.949. The molecule has 37 heavy (non-hydrogen) atoms. The summed E-state index contributed by atoms with van der Waals surface area (Å²) in [6.07, 6.45) is 0. The summed E-state index contributed by atoms with van der Waals surface area (Å²) in [6.45, 7) is 39.1. The van der Waals surface area contributed by atoms with Gasteiger partial charge in [0.05, 0.1) is 0 Å². The van der Waals surface area contributed by atoms with Gasteiger partial charge in [-0.3, -0.25) is 0 Å². The van der Waals surface area contributed by atoms with Gasteiger partial charge < -0.3 is 13.1 Å². The molecule has 0 bridgehead atoms. The van der Waals surface area contributed by atoms with Gasteiger partial charge in [0.2, 0.25) is 0 Å². The van der Waals surface area contributed by atoms with Crippen molar-refractivity contribution in [1.29, 1.82) is 0 Å². The maximum absolute atomic E-state index is 5.12. The van der Waals surface area contributed by atoms with Gasteiger partial charge in [0.15, 0.2) is 0 Å². The summed E-state index contributed by atoms with van der Waals surface area (Å²) in [4.78, 5) is 0. The van der Waals surface area contributed by atoms with Crippen LogP contribution in [0.15, 0.2) is 43.7 Å². The van der Waals surface area contributed by atoms with Crippen LogP contribution in [0.1, 0.15) is 101 Å². The normalized spacial score (nSPS) is 11.7. The fraction of sp³-hybridized carbons (Fsp3) is 0.562. The molecule has 0 unspecified atom stereocenters. The van der Waals surface area contributed by atoms with Crippen molar-refractivity contribution in [2.45, 2.75) is 118 Å². The SMILES string of the molecule is CC(C)c1cccc(C(C)C)c1[N]=[Os+2]=[N]c1c(C(C)C)cccc1C(C)C.[CH2-][Si](C)(C)C.[CH2-][Si](C)(C)C. The third-order valence-electron chi connectivity index (χ3n) is 4.91. The summed E-state index contributed by atoms with van der Waals surface area (Å²) in [5.74, 6) is 1.91. The van der Waals surface area contributed by atoms with Gasteiger partial charge in [0, 0.05) is 0 Å². The molecule has 2 aromatic rings. The van der Waals surface area contributed by atoms with Crippen molar-refractivity contribution in [3.63, 3.8) is 0 Å². The van der Waals surface area contributed by atoms with Crippen LogP contribution >= 0.6 is 0 Å². The van der Waals surface area contributed by atoms with Crippen molar-refractivity contribution >= 4 is 27.5 Å². The fourth-order valence-corrected chi connectivity index (χ4v) is 5.24. The molecule has 0 heterocycles. The molecule has 0 amide bonds. The van der Waals surface area contributed by atoms with E-state index in [0.717, 1.165) is 0 Å². The number of nitrogens with zero attached hydrogens (tertiary/aromatic N) is 2. The third kappa shape index (κ3) is 16.0. The molecule has 0 saturated carbocycles. The number of hydrogen-bond donors (Lipinski definition) is 0. The predicted molar refractivity (Wildman–Crippen MR) is 171 cm³/mol. The quantitative estimate of drug-likeness (QED) is 0.210. The number of hydrogen-bond acceptors (Lipinski definition) is 2. The molecule has 2 aromatic carbocycles. The van der Waals surface area contributed by atoms with Gasteiger partial charge in [-0.2, -0.15) is 0 Å². The van der Waals surface area contributed by atoms with E-state index in [2.05, 4.69) is 144 Å². The van der Waals surface area contributed by atoms with Gasteiger partial charge in [-0.15, -0.1) is 16.1 Å². The van der Waals surface area contributed by atoms with E-state index in [-0.39, 0.29) is 0 Å². The minimum absolute atomic E-state index is 0.477. The first-order chi connectivity index (χ1) is 16.7. The summed E-state index contributed by atoms with van der Waals surface area (Å²) >= 11 is -0.949. The molecule has 0 aliphatic carbocycles. The molecule has 0 aromatic heterocycles. The molecule has 5 heteroatoms. The molecule has 0 aliphatic heterocycles. The first-order valence-corrected chi connectivity index (χ1v) is 23.4. The van der Waals surface area contributed by atoms with Crippen LogP contribution in [0.5, 0.6) is 0 Å². The fourth-order valence-electron chi connectivity index (χ4n) is 3.29. The summed E-state index contributed by atoms with van der Waals surface area (Å²) in [7, 11) is -1.72. The van der Waals surface area contributed by atoms with Crippen LogP contribution < -0.4 is 0 Å². The Balaban J connectivity index is 0.00000110. The van der Waals surface area contributed by atoms with E-state index in [1.165, 1.54) is 33.6 Å². The van der Waals surface area contributed by atoms with Crippen molar-refractivity contribution < 1.29 is 17.0 Å². The van der Waals surface area contributed by atoms with E-state index < -0.39 is 33.2 Å². The maximum Gasteiger partial charge on any atom is -0.0951 e. The van der Waals surface area contributed by atoms with Crippen LogP contribution in [-0.2, 0) is 17.0 Å². The Hall–Kier alpha value is -0.890. The first-order valence-electron chi connectivity index (χ1n) is 13.7. The molecular formula is C32H56N2OsSi2. The van der Waals surface area contributed by atoms with Gasteiger partial charge in [-0.25, -0.2) is 0 Å². The molecule has 0 saturated heterocycles. The zero-order chi connectivity index (χ0) is 29.1.